The Hall–Kier alpha value is -3.41. The third-order valence-electron chi connectivity index (χ3n) is 5.55. The molecule has 6 heteroatoms. The summed E-state index contributed by atoms with van der Waals surface area (Å²) in [5.41, 5.74) is 3.86. The number of benzene rings is 2. The van der Waals surface area contributed by atoms with Crippen LogP contribution in [-0.4, -0.2) is 36.3 Å². The number of ether oxygens (including phenoxy) is 1. The third kappa shape index (κ3) is 4.59. The molecule has 1 saturated heterocycles. The molecule has 4 rings (SSSR count). The molecule has 1 aliphatic heterocycles. The van der Waals surface area contributed by atoms with Crippen LogP contribution in [-0.2, 0) is 4.79 Å². The average molecular weight is 402 g/mol. The van der Waals surface area contributed by atoms with Gasteiger partial charge in [0, 0.05) is 30.3 Å². The lowest BCUT2D eigenvalue weighted by molar-refractivity contribution is -0.120. The third-order valence-corrected chi connectivity index (χ3v) is 5.55. The van der Waals surface area contributed by atoms with E-state index in [-0.39, 0.29) is 11.8 Å². The summed E-state index contributed by atoms with van der Waals surface area (Å²) in [5.74, 6) is 1.79. The van der Waals surface area contributed by atoms with Gasteiger partial charge in [0.25, 0.3) is 0 Å². The van der Waals surface area contributed by atoms with Crippen molar-refractivity contribution in [2.24, 2.45) is 5.92 Å². The Kier molecular flexibility index (Phi) is 5.93. The number of hydrogen-bond donors (Lipinski definition) is 1. The molecule has 0 bridgehead atoms. The van der Waals surface area contributed by atoms with E-state index in [2.05, 4.69) is 20.4 Å². The number of anilines is 2. The van der Waals surface area contributed by atoms with Gasteiger partial charge in [0.15, 0.2) is 5.82 Å². The highest BCUT2D eigenvalue weighted by Crippen LogP contribution is 2.25. The minimum atomic E-state index is 0.0223. The molecule has 1 aromatic heterocycles. The van der Waals surface area contributed by atoms with E-state index in [1.54, 1.807) is 7.11 Å². The van der Waals surface area contributed by atoms with Gasteiger partial charge in [-0.15, -0.1) is 10.2 Å². The molecule has 0 radical (unpaired) electrons. The van der Waals surface area contributed by atoms with E-state index in [0.29, 0.717) is 0 Å². The van der Waals surface area contributed by atoms with Crippen molar-refractivity contribution < 1.29 is 9.53 Å². The molecule has 1 fully saturated rings. The summed E-state index contributed by atoms with van der Waals surface area (Å²) in [6.07, 6.45) is 1.61. The van der Waals surface area contributed by atoms with Gasteiger partial charge in [0.05, 0.1) is 12.8 Å². The number of rotatable bonds is 5. The lowest BCUT2D eigenvalue weighted by atomic mass is 9.95. The van der Waals surface area contributed by atoms with Crippen molar-refractivity contribution in [3.05, 3.63) is 66.2 Å². The maximum absolute atomic E-state index is 12.6. The van der Waals surface area contributed by atoms with Gasteiger partial charge in [-0.1, -0.05) is 17.7 Å². The average Bonchev–Trinajstić information content (AvgIpc) is 2.81. The standard InChI is InChI=1S/C24H26N4O2/c1-17-3-7-20(8-4-17)25-24(29)19-13-15-28(16-14-19)23-12-11-22(26-27-23)18-5-9-21(30-2)10-6-18/h3-12,19H,13-16H2,1-2H3,(H,25,29). The van der Waals surface area contributed by atoms with Gasteiger partial charge < -0.3 is 15.0 Å². The molecule has 0 atom stereocenters. The molecule has 154 valence electrons. The first kappa shape index (κ1) is 19.9. The zero-order valence-electron chi connectivity index (χ0n) is 17.3. The van der Waals surface area contributed by atoms with Crippen LogP contribution < -0.4 is 15.0 Å². The van der Waals surface area contributed by atoms with Gasteiger partial charge in [-0.05, 0) is 68.3 Å². The lowest BCUT2D eigenvalue weighted by Gasteiger charge is -2.31. The summed E-state index contributed by atoms with van der Waals surface area (Å²) in [7, 11) is 1.65. The van der Waals surface area contributed by atoms with Crippen LogP contribution in [0.25, 0.3) is 11.3 Å². The van der Waals surface area contributed by atoms with Crippen LogP contribution in [0.4, 0.5) is 11.5 Å². The fourth-order valence-electron chi connectivity index (χ4n) is 3.66. The van der Waals surface area contributed by atoms with Gasteiger partial charge in [0.2, 0.25) is 5.91 Å². The van der Waals surface area contributed by atoms with E-state index in [4.69, 9.17) is 4.74 Å². The predicted molar refractivity (Wildman–Crippen MR) is 119 cm³/mol. The minimum absolute atomic E-state index is 0.0223. The zero-order valence-corrected chi connectivity index (χ0v) is 17.3. The summed E-state index contributed by atoms with van der Waals surface area (Å²) in [6, 6.07) is 19.7. The monoisotopic (exact) mass is 402 g/mol. The Morgan fingerprint density at radius 1 is 0.967 bits per heavy atom. The molecule has 30 heavy (non-hydrogen) atoms. The summed E-state index contributed by atoms with van der Waals surface area (Å²) >= 11 is 0. The smallest absolute Gasteiger partial charge is 0.227 e. The molecule has 0 spiro atoms. The normalized spacial score (nSPS) is 14.4. The molecular formula is C24H26N4O2. The Bertz CT molecular complexity index is 977. The van der Waals surface area contributed by atoms with E-state index in [1.807, 2.05) is 67.6 Å². The Morgan fingerprint density at radius 2 is 1.67 bits per heavy atom. The van der Waals surface area contributed by atoms with E-state index in [9.17, 15) is 4.79 Å². The quantitative estimate of drug-likeness (QED) is 0.689. The second kappa shape index (κ2) is 8.95. The predicted octanol–water partition coefficient (Wildman–Crippen LogP) is 4.32. The van der Waals surface area contributed by atoms with Crippen LogP contribution in [0.15, 0.2) is 60.7 Å². The minimum Gasteiger partial charge on any atom is -0.497 e. The summed E-state index contributed by atoms with van der Waals surface area (Å²) in [4.78, 5) is 14.8. The maximum atomic E-state index is 12.6. The van der Waals surface area contributed by atoms with Gasteiger partial charge in [-0.2, -0.15) is 0 Å². The van der Waals surface area contributed by atoms with Crippen LogP contribution >= 0.6 is 0 Å². The number of aromatic nitrogens is 2. The Labute approximate surface area is 176 Å². The zero-order chi connectivity index (χ0) is 20.9. The van der Waals surface area contributed by atoms with Gasteiger partial charge in [-0.25, -0.2) is 0 Å². The lowest BCUT2D eigenvalue weighted by Crippen LogP contribution is -2.38. The number of hydrogen-bond acceptors (Lipinski definition) is 5. The number of nitrogens with zero attached hydrogens (tertiary/aromatic N) is 3. The highest BCUT2D eigenvalue weighted by Gasteiger charge is 2.26. The maximum Gasteiger partial charge on any atom is 0.227 e. The van der Waals surface area contributed by atoms with Crippen molar-refractivity contribution in [3.63, 3.8) is 0 Å². The van der Waals surface area contributed by atoms with Crippen molar-refractivity contribution in [1.82, 2.24) is 10.2 Å². The van der Waals surface area contributed by atoms with E-state index in [0.717, 1.165) is 54.4 Å². The molecule has 2 aromatic carbocycles. The first-order valence-corrected chi connectivity index (χ1v) is 10.2. The molecule has 0 unspecified atom stereocenters. The largest absolute Gasteiger partial charge is 0.497 e. The number of carbonyl (C=O) groups is 1. The molecule has 0 saturated carbocycles. The molecule has 1 aliphatic rings. The first-order valence-electron chi connectivity index (χ1n) is 10.2. The number of nitrogens with one attached hydrogen (secondary N) is 1. The van der Waals surface area contributed by atoms with E-state index >= 15 is 0 Å². The fourth-order valence-corrected chi connectivity index (χ4v) is 3.66. The molecule has 2 heterocycles. The van der Waals surface area contributed by atoms with Gasteiger partial charge >= 0.3 is 0 Å². The summed E-state index contributed by atoms with van der Waals surface area (Å²) in [6.45, 7) is 3.62. The molecular weight excluding hydrogens is 376 g/mol. The topological polar surface area (TPSA) is 67.3 Å². The summed E-state index contributed by atoms with van der Waals surface area (Å²) < 4.78 is 5.20. The summed E-state index contributed by atoms with van der Waals surface area (Å²) in [5, 5.41) is 11.8. The highest BCUT2D eigenvalue weighted by molar-refractivity contribution is 5.92. The number of carbonyl (C=O) groups excluding carboxylic acids is 1. The molecule has 1 N–H and O–H groups in total. The fraction of sp³-hybridized carbons (Fsp3) is 0.292. The second-order valence-electron chi connectivity index (χ2n) is 7.62. The van der Waals surface area contributed by atoms with Crippen LogP contribution in [0.5, 0.6) is 5.75 Å². The number of amides is 1. The van der Waals surface area contributed by atoms with E-state index < -0.39 is 0 Å². The van der Waals surface area contributed by atoms with Crippen molar-refractivity contribution >= 4 is 17.4 Å². The molecule has 3 aromatic rings. The van der Waals surface area contributed by atoms with E-state index in [1.165, 1.54) is 5.56 Å². The Balaban J connectivity index is 1.33. The van der Waals surface area contributed by atoms with Crippen LogP contribution in [0.3, 0.4) is 0 Å². The highest BCUT2D eigenvalue weighted by atomic mass is 16.5. The van der Waals surface area contributed by atoms with Crippen LogP contribution in [0.1, 0.15) is 18.4 Å². The van der Waals surface area contributed by atoms with Crippen molar-refractivity contribution in [2.45, 2.75) is 19.8 Å². The van der Waals surface area contributed by atoms with Gasteiger partial charge in [-0.3, -0.25) is 4.79 Å². The number of piperidine rings is 1. The molecule has 6 nitrogen and oxygen atoms in total. The van der Waals surface area contributed by atoms with Gasteiger partial charge in [0.1, 0.15) is 5.75 Å². The van der Waals surface area contributed by atoms with Crippen LogP contribution in [0.2, 0.25) is 0 Å². The van der Waals surface area contributed by atoms with Crippen molar-refractivity contribution in [3.8, 4) is 17.0 Å². The van der Waals surface area contributed by atoms with Crippen LogP contribution in [0, 0.1) is 12.8 Å². The molecule has 1 amide bonds. The van der Waals surface area contributed by atoms with Crippen molar-refractivity contribution in [1.29, 1.82) is 0 Å². The number of aryl methyl sites for hydroxylation is 1. The number of methoxy groups -OCH3 is 1. The van der Waals surface area contributed by atoms with Crippen molar-refractivity contribution in [2.75, 3.05) is 30.4 Å². The molecule has 0 aliphatic carbocycles. The second-order valence-corrected chi connectivity index (χ2v) is 7.62. The first-order chi connectivity index (χ1) is 14.6. The SMILES string of the molecule is COc1ccc(-c2ccc(N3CCC(C(=O)Nc4ccc(C)cc4)CC3)nn2)cc1. The Morgan fingerprint density at radius 3 is 2.27 bits per heavy atom.